The van der Waals surface area contributed by atoms with Gasteiger partial charge in [-0.3, -0.25) is 0 Å². The molecule has 5 nitrogen and oxygen atoms in total. The number of aromatic nitrogens is 2. The first-order valence-electron chi connectivity index (χ1n) is 6.53. The van der Waals surface area contributed by atoms with Crippen molar-refractivity contribution in [1.82, 2.24) is 9.97 Å². The zero-order valence-corrected chi connectivity index (χ0v) is 11.5. The monoisotopic (exact) mass is 253 g/mol. The van der Waals surface area contributed by atoms with Gasteiger partial charge in [0.15, 0.2) is 0 Å². The molecule has 0 fully saturated rings. The summed E-state index contributed by atoms with van der Waals surface area (Å²) in [7, 11) is 1.69. The molecule has 0 aliphatic heterocycles. The summed E-state index contributed by atoms with van der Waals surface area (Å²) in [5, 5.41) is 3.19. The zero-order valence-electron chi connectivity index (χ0n) is 11.5. The number of nitrogens with one attached hydrogen (secondary N) is 1. The number of nitrogens with zero attached hydrogens (tertiary/aromatic N) is 2. The van der Waals surface area contributed by atoms with Gasteiger partial charge in [0.05, 0.1) is 6.61 Å². The Balaban J connectivity index is 2.63. The van der Waals surface area contributed by atoms with E-state index in [1.165, 1.54) is 0 Å². The van der Waals surface area contributed by atoms with Gasteiger partial charge in [0, 0.05) is 39.2 Å². The fourth-order valence-corrected chi connectivity index (χ4v) is 1.53. The smallest absolute Gasteiger partial charge is 0.218 e. The van der Waals surface area contributed by atoms with E-state index in [4.69, 9.17) is 9.47 Å². The summed E-state index contributed by atoms with van der Waals surface area (Å²) >= 11 is 0. The number of rotatable bonds is 9. The first-order valence-corrected chi connectivity index (χ1v) is 6.53. The number of anilines is 1. The highest BCUT2D eigenvalue weighted by atomic mass is 16.5. The lowest BCUT2D eigenvalue weighted by atomic mass is 10.3. The van der Waals surface area contributed by atoms with E-state index >= 15 is 0 Å². The third kappa shape index (κ3) is 5.31. The van der Waals surface area contributed by atoms with Crippen molar-refractivity contribution >= 4 is 5.82 Å². The van der Waals surface area contributed by atoms with E-state index < -0.39 is 0 Å². The lowest BCUT2D eigenvalue weighted by molar-refractivity contribution is 0.170. The van der Waals surface area contributed by atoms with E-state index in [2.05, 4.69) is 22.2 Å². The van der Waals surface area contributed by atoms with Gasteiger partial charge in [0.1, 0.15) is 11.6 Å². The quantitative estimate of drug-likeness (QED) is 0.684. The van der Waals surface area contributed by atoms with Crippen LogP contribution in [0, 0.1) is 0 Å². The van der Waals surface area contributed by atoms with Crippen LogP contribution in [0.2, 0.25) is 0 Å². The standard InChI is InChI=1S/C13H23N3O2/c1-4-7-11-15-12(14-5-2)10-13(16-11)18-9-6-8-17-3/h10H,4-9H2,1-3H3,(H,14,15,16). The lowest BCUT2D eigenvalue weighted by Crippen LogP contribution is -2.07. The van der Waals surface area contributed by atoms with Gasteiger partial charge < -0.3 is 14.8 Å². The van der Waals surface area contributed by atoms with E-state index in [0.717, 1.165) is 37.4 Å². The molecular formula is C13H23N3O2. The fraction of sp³-hybridized carbons (Fsp3) is 0.692. The second kappa shape index (κ2) is 8.69. The number of hydrogen-bond donors (Lipinski definition) is 1. The van der Waals surface area contributed by atoms with Crippen LogP contribution < -0.4 is 10.1 Å². The Hall–Kier alpha value is -1.36. The van der Waals surface area contributed by atoms with Crippen LogP contribution >= 0.6 is 0 Å². The van der Waals surface area contributed by atoms with Crippen LogP contribution in [0.4, 0.5) is 5.82 Å². The molecule has 18 heavy (non-hydrogen) atoms. The summed E-state index contributed by atoms with van der Waals surface area (Å²) in [6.07, 6.45) is 2.76. The van der Waals surface area contributed by atoms with E-state index in [9.17, 15) is 0 Å². The molecule has 0 saturated carbocycles. The maximum absolute atomic E-state index is 5.61. The maximum Gasteiger partial charge on any atom is 0.218 e. The third-order valence-electron chi connectivity index (χ3n) is 2.32. The van der Waals surface area contributed by atoms with Crippen molar-refractivity contribution in [2.45, 2.75) is 33.1 Å². The summed E-state index contributed by atoms with van der Waals surface area (Å²) in [6, 6.07) is 1.84. The zero-order chi connectivity index (χ0) is 13.2. The predicted octanol–water partition coefficient (Wildman–Crippen LogP) is 2.28. The van der Waals surface area contributed by atoms with Crippen LogP contribution in [-0.2, 0) is 11.2 Å². The van der Waals surface area contributed by atoms with Crippen molar-refractivity contribution in [3.63, 3.8) is 0 Å². The van der Waals surface area contributed by atoms with Gasteiger partial charge in [0.2, 0.25) is 5.88 Å². The predicted molar refractivity (Wildman–Crippen MR) is 72.2 cm³/mol. The summed E-state index contributed by atoms with van der Waals surface area (Å²) < 4.78 is 10.6. The summed E-state index contributed by atoms with van der Waals surface area (Å²) in [5.74, 6) is 2.30. The molecule has 0 atom stereocenters. The SMILES string of the molecule is CCCc1nc(NCC)cc(OCCCOC)n1. The van der Waals surface area contributed by atoms with Crippen LogP contribution in [0.3, 0.4) is 0 Å². The summed E-state index contributed by atoms with van der Waals surface area (Å²) in [4.78, 5) is 8.82. The molecule has 1 heterocycles. The Bertz CT molecular complexity index is 321. The molecule has 1 N–H and O–H groups in total. The van der Waals surface area contributed by atoms with Crippen molar-refractivity contribution in [3.8, 4) is 5.88 Å². The normalized spacial score (nSPS) is 10.4. The van der Waals surface area contributed by atoms with Crippen molar-refractivity contribution < 1.29 is 9.47 Å². The van der Waals surface area contributed by atoms with Crippen molar-refractivity contribution in [2.75, 3.05) is 32.2 Å². The van der Waals surface area contributed by atoms with E-state index in [0.29, 0.717) is 19.1 Å². The van der Waals surface area contributed by atoms with Crippen LogP contribution in [0.5, 0.6) is 5.88 Å². The Morgan fingerprint density at radius 1 is 1.22 bits per heavy atom. The topological polar surface area (TPSA) is 56.3 Å². The Kier molecular flexibility index (Phi) is 7.10. The molecule has 0 radical (unpaired) electrons. The Labute approximate surface area is 109 Å². The molecule has 0 aliphatic carbocycles. The highest BCUT2D eigenvalue weighted by Crippen LogP contribution is 2.14. The number of ether oxygens (including phenoxy) is 2. The molecule has 102 valence electrons. The maximum atomic E-state index is 5.61. The summed E-state index contributed by atoms with van der Waals surface area (Å²) in [5.41, 5.74) is 0. The van der Waals surface area contributed by atoms with Crippen LogP contribution in [0.25, 0.3) is 0 Å². The number of hydrogen-bond acceptors (Lipinski definition) is 5. The Morgan fingerprint density at radius 3 is 2.72 bits per heavy atom. The van der Waals surface area contributed by atoms with Crippen LogP contribution in [-0.4, -0.2) is 36.8 Å². The van der Waals surface area contributed by atoms with Crippen molar-refractivity contribution in [1.29, 1.82) is 0 Å². The lowest BCUT2D eigenvalue weighted by Gasteiger charge is -2.09. The second-order valence-corrected chi connectivity index (χ2v) is 3.98. The minimum Gasteiger partial charge on any atom is -0.477 e. The number of aryl methyl sites for hydroxylation is 1. The molecule has 0 saturated heterocycles. The molecule has 0 aliphatic rings. The van der Waals surface area contributed by atoms with Crippen molar-refractivity contribution in [3.05, 3.63) is 11.9 Å². The first kappa shape index (κ1) is 14.7. The van der Waals surface area contributed by atoms with E-state index in [-0.39, 0.29) is 0 Å². The van der Waals surface area contributed by atoms with Gasteiger partial charge in [-0.05, 0) is 13.3 Å². The molecule has 1 rings (SSSR count). The summed E-state index contributed by atoms with van der Waals surface area (Å²) in [6.45, 7) is 6.31. The number of methoxy groups -OCH3 is 1. The second-order valence-electron chi connectivity index (χ2n) is 3.98. The Morgan fingerprint density at radius 2 is 2.06 bits per heavy atom. The molecule has 0 unspecified atom stereocenters. The van der Waals surface area contributed by atoms with Crippen molar-refractivity contribution in [2.24, 2.45) is 0 Å². The van der Waals surface area contributed by atoms with E-state index in [1.54, 1.807) is 7.11 Å². The van der Waals surface area contributed by atoms with Gasteiger partial charge in [0.25, 0.3) is 0 Å². The average molecular weight is 253 g/mol. The van der Waals surface area contributed by atoms with Gasteiger partial charge >= 0.3 is 0 Å². The minimum atomic E-state index is 0.613. The highest BCUT2D eigenvalue weighted by molar-refractivity contribution is 5.38. The first-order chi connectivity index (χ1) is 8.80. The molecule has 1 aromatic heterocycles. The highest BCUT2D eigenvalue weighted by Gasteiger charge is 2.04. The van der Waals surface area contributed by atoms with Gasteiger partial charge in [-0.15, -0.1) is 0 Å². The third-order valence-corrected chi connectivity index (χ3v) is 2.32. The van der Waals surface area contributed by atoms with Crippen LogP contribution in [0.1, 0.15) is 32.5 Å². The van der Waals surface area contributed by atoms with Gasteiger partial charge in [-0.1, -0.05) is 6.92 Å². The molecule has 5 heteroatoms. The minimum absolute atomic E-state index is 0.613. The molecule has 1 aromatic rings. The van der Waals surface area contributed by atoms with E-state index in [1.807, 2.05) is 13.0 Å². The molecule has 0 bridgehead atoms. The molecular weight excluding hydrogens is 230 g/mol. The molecule has 0 aromatic carbocycles. The van der Waals surface area contributed by atoms with Crippen LogP contribution in [0.15, 0.2) is 6.07 Å². The largest absolute Gasteiger partial charge is 0.477 e. The van der Waals surface area contributed by atoms with Gasteiger partial charge in [-0.2, -0.15) is 4.98 Å². The molecule has 0 spiro atoms. The molecule has 0 amide bonds. The van der Waals surface area contributed by atoms with Gasteiger partial charge in [-0.25, -0.2) is 4.98 Å². The fourth-order valence-electron chi connectivity index (χ4n) is 1.53. The average Bonchev–Trinajstić information content (AvgIpc) is 2.35.